The van der Waals surface area contributed by atoms with E-state index in [1.165, 1.54) is 41.2 Å². The maximum absolute atomic E-state index is 14.0. The van der Waals surface area contributed by atoms with Crippen LogP contribution in [0.2, 0.25) is 5.02 Å². The Kier molecular flexibility index (Phi) is 5.50. The van der Waals surface area contributed by atoms with E-state index in [2.05, 4.69) is 31.0 Å². The van der Waals surface area contributed by atoms with Gasteiger partial charge in [-0.3, -0.25) is 9.59 Å². The van der Waals surface area contributed by atoms with E-state index in [1.807, 2.05) is 0 Å². The first-order valence-electron chi connectivity index (χ1n) is 8.77. The molecule has 9 nitrogen and oxygen atoms in total. The topological polar surface area (TPSA) is 118 Å². The molecule has 12 heteroatoms. The third-order valence-corrected chi connectivity index (χ3v) is 4.57. The molecular weight excluding hydrogens is 432 g/mol. The Hall–Kier alpha value is -3.99. The lowest BCUT2D eigenvalue weighted by atomic mass is 10.1. The summed E-state index contributed by atoms with van der Waals surface area (Å²) in [6.07, 6.45) is 1.30. The van der Waals surface area contributed by atoms with E-state index >= 15 is 0 Å². The number of aromatic amines is 1. The molecule has 0 aliphatic carbocycles. The Bertz CT molecular complexity index is 1310. The molecule has 2 heterocycles. The van der Waals surface area contributed by atoms with Gasteiger partial charge in [-0.05, 0) is 35.9 Å². The van der Waals surface area contributed by atoms with E-state index in [9.17, 15) is 18.4 Å². The van der Waals surface area contributed by atoms with Crippen molar-refractivity contribution < 1.29 is 13.6 Å². The van der Waals surface area contributed by atoms with Crippen molar-refractivity contribution in [1.82, 2.24) is 35.7 Å². The highest BCUT2D eigenvalue weighted by atomic mass is 35.5. The van der Waals surface area contributed by atoms with Crippen LogP contribution in [0.1, 0.15) is 27.9 Å². The Morgan fingerprint density at radius 1 is 1.16 bits per heavy atom. The van der Waals surface area contributed by atoms with Gasteiger partial charge in [-0.15, -0.1) is 10.2 Å². The minimum Gasteiger partial charge on any atom is -0.336 e. The summed E-state index contributed by atoms with van der Waals surface area (Å²) in [5.41, 5.74) is -0.560. The van der Waals surface area contributed by atoms with Gasteiger partial charge in [-0.25, -0.2) is 13.5 Å². The number of aromatic nitrogens is 6. The molecule has 0 bridgehead atoms. The predicted octanol–water partition coefficient (Wildman–Crippen LogP) is 2.20. The highest BCUT2D eigenvalue weighted by molar-refractivity contribution is 6.30. The van der Waals surface area contributed by atoms with Gasteiger partial charge < -0.3 is 5.32 Å². The molecule has 0 aliphatic heterocycles. The van der Waals surface area contributed by atoms with E-state index in [0.29, 0.717) is 5.69 Å². The van der Waals surface area contributed by atoms with Crippen LogP contribution in [-0.2, 0) is 0 Å². The molecule has 1 atom stereocenters. The number of carbonyl (C=O) groups is 1. The summed E-state index contributed by atoms with van der Waals surface area (Å²) in [4.78, 5) is 25.2. The third kappa shape index (κ3) is 4.31. The predicted molar refractivity (Wildman–Crippen MR) is 105 cm³/mol. The first kappa shape index (κ1) is 20.3. The summed E-state index contributed by atoms with van der Waals surface area (Å²) < 4.78 is 28.7. The minimum atomic E-state index is -1.05. The van der Waals surface area contributed by atoms with Crippen LogP contribution in [0.4, 0.5) is 8.78 Å². The van der Waals surface area contributed by atoms with Crippen LogP contribution < -0.4 is 10.7 Å². The molecule has 0 saturated heterocycles. The molecule has 2 N–H and O–H groups in total. The fourth-order valence-corrected chi connectivity index (χ4v) is 2.93. The highest BCUT2D eigenvalue weighted by Gasteiger charge is 2.25. The smallest absolute Gasteiger partial charge is 0.276 e. The lowest BCUT2D eigenvalue weighted by Gasteiger charge is -2.16. The fraction of sp³-hybridized carbons (Fsp3) is 0.0526. The van der Waals surface area contributed by atoms with E-state index < -0.39 is 34.7 Å². The SMILES string of the molecule is O=C(NC(c1ccc(Cl)c(F)c1)c1nn[nH]n1)c1nn(-c2cccc(F)c2)ccc1=O. The van der Waals surface area contributed by atoms with Gasteiger partial charge in [0.15, 0.2) is 5.69 Å². The summed E-state index contributed by atoms with van der Waals surface area (Å²) in [5.74, 6) is -2.07. The van der Waals surface area contributed by atoms with Crippen LogP contribution in [0.25, 0.3) is 5.69 Å². The van der Waals surface area contributed by atoms with Gasteiger partial charge in [0.1, 0.15) is 17.7 Å². The molecule has 0 radical (unpaired) electrons. The largest absolute Gasteiger partial charge is 0.336 e. The first-order valence-corrected chi connectivity index (χ1v) is 9.15. The lowest BCUT2D eigenvalue weighted by Crippen LogP contribution is -2.35. The Morgan fingerprint density at radius 2 is 2.00 bits per heavy atom. The summed E-state index contributed by atoms with van der Waals surface area (Å²) in [5, 5.41) is 19.8. The van der Waals surface area contributed by atoms with Crippen molar-refractivity contribution in [3.05, 3.63) is 98.7 Å². The average molecular weight is 444 g/mol. The second kappa shape index (κ2) is 8.40. The molecule has 156 valence electrons. The van der Waals surface area contributed by atoms with E-state index in [0.717, 1.165) is 12.1 Å². The molecule has 2 aromatic heterocycles. The highest BCUT2D eigenvalue weighted by Crippen LogP contribution is 2.23. The van der Waals surface area contributed by atoms with Gasteiger partial charge in [0, 0.05) is 12.3 Å². The van der Waals surface area contributed by atoms with E-state index in [1.54, 1.807) is 6.07 Å². The molecule has 0 saturated carbocycles. The molecule has 0 spiro atoms. The zero-order valence-corrected chi connectivity index (χ0v) is 16.2. The number of amides is 1. The summed E-state index contributed by atoms with van der Waals surface area (Å²) in [7, 11) is 0. The van der Waals surface area contributed by atoms with Crippen LogP contribution in [0, 0.1) is 11.6 Å². The second-order valence-electron chi connectivity index (χ2n) is 6.30. The number of nitrogens with one attached hydrogen (secondary N) is 2. The lowest BCUT2D eigenvalue weighted by molar-refractivity contribution is 0.0933. The van der Waals surface area contributed by atoms with Gasteiger partial charge in [-0.2, -0.15) is 10.3 Å². The third-order valence-electron chi connectivity index (χ3n) is 4.27. The standard InChI is InChI=1S/C19H12ClF2N7O2/c20-13-5-4-10(8-14(13)22)16(18-24-27-28-25-18)23-19(31)17-15(30)6-7-29(26-17)12-3-1-2-11(21)9-12/h1-9,16H,(H,23,31)(H,24,25,27,28). The van der Waals surface area contributed by atoms with Crippen molar-refractivity contribution in [2.24, 2.45) is 0 Å². The summed E-state index contributed by atoms with van der Waals surface area (Å²) in [6, 6.07) is 9.41. The number of rotatable bonds is 5. The second-order valence-corrected chi connectivity index (χ2v) is 6.71. The van der Waals surface area contributed by atoms with Gasteiger partial charge in [0.2, 0.25) is 11.3 Å². The summed E-state index contributed by atoms with van der Waals surface area (Å²) in [6.45, 7) is 0. The molecule has 0 aliphatic rings. The fourth-order valence-electron chi connectivity index (χ4n) is 2.81. The minimum absolute atomic E-state index is 0.0245. The molecular formula is C19H12ClF2N7O2. The number of carbonyl (C=O) groups excluding carboxylic acids is 1. The zero-order valence-electron chi connectivity index (χ0n) is 15.5. The van der Waals surface area contributed by atoms with Crippen LogP contribution in [-0.4, -0.2) is 36.3 Å². The van der Waals surface area contributed by atoms with Crippen LogP contribution in [0.5, 0.6) is 0 Å². The van der Waals surface area contributed by atoms with Gasteiger partial charge in [-0.1, -0.05) is 28.9 Å². The van der Waals surface area contributed by atoms with Crippen molar-refractivity contribution in [1.29, 1.82) is 0 Å². The van der Waals surface area contributed by atoms with Crippen LogP contribution in [0.15, 0.2) is 59.5 Å². The van der Waals surface area contributed by atoms with Crippen molar-refractivity contribution in [3.63, 3.8) is 0 Å². The quantitative estimate of drug-likeness (QED) is 0.488. The van der Waals surface area contributed by atoms with Crippen LogP contribution >= 0.6 is 11.6 Å². The van der Waals surface area contributed by atoms with Gasteiger partial charge >= 0.3 is 0 Å². The summed E-state index contributed by atoms with van der Waals surface area (Å²) >= 11 is 5.73. The maximum Gasteiger partial charge on any atom is 0.276 e. The van der Waals surface area contributed by atoms with Gasteiger partial charge in [0.05, 0.1) is 10.7 Å². The molecule has 2 aromatic carbocycles. The number of hydrogen-bond acceptors (Lipinski definition) is 6. The Morgan fingerprint density at radius 3 is 2.71 bits per heavy atom. The molecule has 0 fully saturated rings. The van der Waals surface area contributed by atoms with Gasteiger partial charge in [0.25, 0.3) is 5.91 Å². The van der Waals surface area contributed by atoms with E-state index in [-0.39, 0.29) is 16.4 Å². The number of halogens is 3. The molecule has 1 unspecified atom stereocenters. The van der Waals surface area contributed by atoms with Crippen molar-refractivity contribution in [3.8, 4) is 5.69 Å². The molecule has 4 aromatic rings. The Labute approximate surface area is 177 Å². The van der Waals surface area contributed by atoms with Crippen molar-refractivity contribution in [2.45, 2.75) is 6.04 Å². The molecule has 31 heavy (non-hydrogen) atoms. The normalized spacial score (nSPS) is 11.8. The zero-order chi connectivity index (χ0) is 22.0. The number of H-pyrrole nitrogens is 1. The Balaban J connectivity index is 1.70. The first-order chi connectivity index (χ1) is 14.9. The van der Waals surface area contributed by atoms with Crippen molar-refractivity contribution in [2.75, 3.05) is 0 Å². The van der Waals surface area contributed by atoms with E-state index in [4.69, 9.17) is 11.6 Å². The van der Waals surface area contributed by atoms with Crippen molar-refractivity contribution >= 4 is 17.5 Å². The number of nitrogens with zero attached hydrogens (tertiary/aromatic N) is 5. The average Bonchev–Trinajstić information content (AvgIpc) is 3.29. The number of hydrogen-bond donors (Lipinski definition) is 2. The number of benzene rings is 2. The molecule has 4 rings (SSSR count). The molecule has 1 amide bonds. The maximum atomic E-state index is 14.0. The van der Waals surface area contributed by atoms with Crippen LogP contribution in [0.3, 0.4) is 0 Å². The number of tetrazole rings is 1. The monoisotopic (exact) mass is 443 g/mol.